The van der Waals surface area contributed by atoms with Crippen LogP contribution in [0.5, 0.6) is 5.75 Å². The summed E-state index contributed by atoms with van der Waals surface area (Å²) in [5, 5.41) is 0. The molecular formula is C13H17N3O. The maximum absolute atomic E-state index is 5.63. The largest absolute Gasteiger partial charge is 0.496 e. The molecule has 17 heavy (non-hydrogen) atoms. The van der Waals surface area contributed by atoms with E-state index in [0.29, 0.717) is 6.54 Å². The molecule has 0 spiro atoms. The van der Waals surface area contributed by atoms with Gasteiger partial charge in [0.05, 0.1) is 19.1 Å². The minimum atomic E-state index is 0.613. The number of para-hydroxylation sites is 1. The Labute approximate surface area is 101 Å². The van der Waals surface area contributed by atoms with Crippen molar-refractivity contribution in [1.29, 1.82) is 0 Å². The van der Waals surface area contributed by atoms with Crippen molar-refractivity contribution in [2.45, 2.75) is 6.42 Å². The lowest BCUT2D eigenvalue weighted by molar-refractivity contribution is 0.416. The average molecular weight is 231 g/mol. The van der Waals surface area contributed by atoms with Gasteiger partial charge in [0, 0.05) is 24.7 Å². The second-order valence-corrected chi connectivity index (χ2v) is 3.89. The Balaban J connectivity index is 2.52. The van der Waals surface area contributed by atoms with Gasteiger partial charge in [-0.3, -0.25) is 0 Å². The summed E-state index contributed by atoms with van der Waals surface area (Å²) in [4.78, 5) is 4.44. The van der Waals surface area contributed by atoms with Gasteiger partial charge in [0.15, 0.2) is 0 Å². The minimum absolute atomic E-state index is 0.613. The van der Waals surface area contributed by atoms with Gasteiger partial charge in [-0.25, -0.2) is 4.98 Å². The normalized spacial score (nSPS) is 10.5. The molecule has 1 aromatic heterocycles. The molecule has 2 rings (SSSR count). The lowest BCUT2D eigenvalue weighted by Crippen LogP contribution is -2.07. The Morgan fingerprint density at radius 3 is 2.82 bits per heavy atom. The number of hydrogen-bond donors (Lipinski definition) is 1. The summed E-state index contributed by atoms with van der Waals surface area (Å²) in [6, 6.07) is 7.89. The Morgan fingerprint density at radius 1 is 1.35 bits per heavy atom. The zero-order valence-electron chi connectivity index (χ0n) is 10.2. The van der Waals surface area contributed by atoms with Crippen LogP contribution in [-0.2, 0) is 13.5 Å². The zero-order chi connectivity index (χ0) is 12.3. The van der Waals surface area contributed by atoms with E-state index >= 15 is 0 Å². The van der Waals surface area contributed by atoms with Crippen LogP contribution >= 0.6 is 0 Å². The summed E-state index contributed by atoms with van der Waals surface area (Å²) in [6.45, 7) is 0.613. The highest BCUT2D eigenvalue weighted by molar-refractivity contribution is 5.69. The molecule has 0 saturated heterocycles. The van der Waals surface area contributed by atoms with E-state index in [0.717, 1.165) is 29.1 Å². The molecule has 4 heteroatoms. The standard InChI is InChI=1S/C13H17N3O/c1-16-9-15-13(11(16)7-8-14)10-5-3-4-6-12(10)17-2/h3-6,9H,7-8,14H2,1-2H3. The quantitative estimate of drug-likeness (QED) is 0.869. The predicted molar refractivity (Wildman–Crippen MR) is 68.0 cm³/mol. The van der Waals surface area contributed by atoms with E-state index in [9.17, 15) is 0 Å². The number of imidazole rings is 1. The molecule has 0 aliphatic rings. The van der Waals surface area contributed by atoms with Crippen molar-refractivity contribution < 1.29 is 4.74 Å². The lowest BCUT2D eigenvalue weighted by Gasteiger charge is -2.08. The topological polar surface area (TPSA) is 53.1 Å². The Bertz CT molecular complexity index is 505. The highest BCUT2D eigenvalue weighted by atomic mass is 16.5. The maximum atomic E-state index is 5.63. The van der Waals surface area contributed by atoms with E-state index in [1.54, 1.807) is 7.11 Å². The summed E-state index contributed by atoms with van der Waals surface area (Å²) in [5.41, 5.74) is 8.74. The molecule has 90 valence electrons. The molecule has 2 N–H and O–H groups in total. The fourth-order valence-corrected chi connectivity index (χ4v) is 1.95. The predicted octanol–water partition coefficient (Wildman–Crippen LogP) is 1.60. The van der Waals surface area contributed by atoms with Gasteiger partial charge in [0.2, 0.25) is 0 Å². The molecule has 0 fully saturated rings. The molecule has 0 atom stereocenters. The van der Waals surface area contributed by atoms with Gasteiger partial charge >= 0.3 is 0 Å². The number of benzene rings is 1. The first-order valence-electron chi connectivity index (χ1n) is 5.61. The van der Waals surface area contributed by atoms with Crippen LogP contribution in [-0.4, -0.2) is 23.2 Å². The van der Waals surface area contributed by atoms with Crippen LogP contribution in [0.1, 0.15) is 5.69 Å². The van der Waals surface area contributed by atoms with Crippen LogP contribution in [0.25, 0.3) is 11.3 Å². The van der Waals surface area contributed by atoms with Crippen LogP contribution in [0.15, 0.2) is 30.6 Å². The second kappa shape index (κ2) is 5.01. The van der Waals surface area contributed by atoms with Crippen molar-refractivity contribution in [2.75, 3.05) is 13.7 Å². The Hall–Kier alpha value is -1.81. The number of nitrogens with two attached hydrogens (primary N) is 1. The number of hydrogen-bond acceptors (Lipinski definition) is 3. The number of aryl methyl sites for hydroxylation is 1. The van der Waals surface area contributed by atoms with E-state index in [-0.39, 0.29) is 0 Å². The monoisotopic (exact) mass is 231 g/mol. The fraction of sp³-hybridized carbons (Fsp3) is 0.308. The number of nitrogens with zero attached hydrogens (tertiary/aromatic N) is 2. The fourth-order valence-electron chi connectivity index (χ4n) is 1.95. The molecule has 1 aromatic carbocycles. The van der Waals surface area contributed by atoms with Crippen LogP contribution in [0.2, 0.25) is 0 Å². The lowest BCUT2D eigenvalue weighted by atomic mass is 10.1. The molecule has 0 bridgehead atoms. The molecule has 0 aliphatic carbocycles. The third-order valence-electron chi connectivity index (χ3n) is 2.80. The van der Waals surface area contributed by atoms with E-state index in [4.69, 9.17) is 10.5 Å². The van der Waals surface area contributed by atoms with Crippen molar-refractivity contribution in [3.05, 3.63) is 36.3 Å². The van der Waals surface area contributed by atoms with Crippen LogP contribution in [0, 0.1) is 0 Å². The van der Waals surface area contributed by atoms with Crippen molar-refractivity contribution in [1.82, 2.24) is 9.55 Å². The molecule has 0 aliphatic heterocycles. The third kappa shape index (κ3) is 2.17. The van der Waals surface area contributed by atoms with Gasteiger partial charge in [0.25, 0.3) is 0 Å². The van der Waals surface area contributed by atoms with Crippen molar-refractivity contribution in [3.63, 3.8) is 0 Å². The smallest absolute Gasteiger partial charge is 0.128 e. The van der Waals surface area contributed by atoms with E-state index in [2.05, 4.69) is 4.98 Å². The zero-order valence-corrected chi connectivity index (χ0v) is 10.2. The van der Waals surface area contributed by atoms with Crippen LogP contribution in [0.3, 0.4) is 0 Å². The number of methoxy groups -OCH3 is 1. The summed E-state index contributed by atoms with van der Waals surface area (Å²) in [6.07, 6.45) is 2.62. The molecular weight excluding hydrogens is 214 g/mol. The third-order valence-corrected chi connectivity index (χ3v) is 2.80. The molecule has 4 nitrogen and oxygen atoms in total. The van der Waals surface area contributed by atoms with E-state index < -0.39 is 0 Å². The molecule has 1 heterocycles. The van der Waals surface area contributed by atoms with Gasteiger partial charge in [-0.15, -0.1) is 0 Å². The minimum Gasteiger partial charge on any atom is -0.496 e. The number of rotatable bonds is 4. The van der Waals surface area contributed by atoms with Crippen molar-refractivity contribution >= 4 is 0 Å². The van der Waals surface area contributed by atoms with Crippen LogP contribution < -0.4 is 10.5 Å². The Kier molecular flexibility index (Phi) is 3.44. The molecule has 0 unspecified atom stereocenters. The summed E-state index contributed by atoms with van der Waals surface area (Å²) in [5.74, 6) is 0.837. The average Bonchev–Trinajstić information content (AvgIpc) is 2.72. The number of aromatic nitrogens is 2. The molecule has 0 amide bonds. The SMILES string of the molecule is COc1ccccc1-c1ncn(C)c1CCN. The highest BCUT2D eigenvalue weighted by Crippen LogP contribution is 2.30. The summed E-state index contributed by atoms with van der Waals surface area (Å²) >= 11 is 0. The highest BCUT2D eigenvalue weighted by Gasteiger charge is 2.13. The van der Waals surface area contributed by atoms with Crippen molar-refractivity contribution in [3.8, 4) is 17.0 Å². The van der Waals surface area contributed by atoms with E-state index in [1.807, 2.05) is 42.2 Å². The Morgan fingerprint density at radius 2 is 2.12 bits per heavy atom. The second-order valence-electron chi connectivity index (χ2n) is 3.89. The first kappa shape index (κ1) is 11.7. The number of ether oxygens (including phenoxy) is 1. The van der Waals surface area contributed by atoms with Gasteiger partial charge in [-0.1, -0.05) is 12.1 Å². The molecule has 2 aromatic rings. The van der Waals surface area contributed by atoms with Gasteiger partial charge in [-0.05, 0) is 18.7 Å². The van der Waals surface area contributed by atoms with E-state index in [1.165, 1.54) is 0 Å². The molecule has 0 radical (unpaired) electrons. The summed E-state index contributed by atoms with van der Waals surface area (Å²) in [7, 11) is 3.65. The molecule has 0 saturated carbocycles. The van der Waals surface area contributed by atoms with Gasteiger partial charge in [-0.2, -0.15) is 0 Å². The van der Waals surface area contributed by atoms with Gasteiger partial charge in [0.1, 0.15) is 5.75 Å². The van der Waals surface area contributed by atoms with Crippen molar-refractivity contribution in [2.24, 2.45) is 12.8 Å². The maximum Gasteiger partial charge on any atom is 0.128 e. The first-order chi connectivity index (χ1) is 8.27. The first-order valence-corrected chi connectivity index (χ1v) is 5.61. The van der Waals surface area contributed by atoms with Gasteiger partial charge < -0.3 is 15.0 Å². The summed E-state index contributed by atoms with van der Waals surface area (Å²) < 4.78 is 7.37. The van der Waals surface area contributed by atoms with Crippen LogP contribution in [0.4, 0.5) is 0 Å².